The van der Waals surface area contributed by atoms with Crippen molar-refractivity contribution in [3.05, 3.63) is 65.9 Å². The summed E-state index contributed by atoms with van der Waals surface area (Å²) in [6, 6.07) is 16.5. The highest BCUT2D eigenvalue weighted by molar-refractivity contribution is 7.20. The molecule has 0 amide bonds. The van der Waals surface area contributed by atoms with Crippen LogP contribution in [0.25, 0.3) is 10.2 Å². The van der Waals surface area contributed by atoms with Crippen molar-refractivity contribution in [3.63, 3.8) is 0 Å². The van der Waals surface area contributed by atoms with E-state index in [0.29, 0.717) is 23.6 Å². The molecule has 0 spiro atoms. The minimum absolute atomic E-state index is 0.222. The van der Waals surface area contributed by atoms with Gasteiger partial charge in [-0.15, -0.1) is 0 Å². The van der Waals surface area contributed by atoms with Crippen LogP contribution in [0.5, 0.6) is 10.9 Å². The number of benzene rings is 2. The molecule has 3 aromatic rings. The van der Waals surface area contributed by atoms with Crippen LogP contribution in [-0.2, 0) is 11.2 Å². The van der Waals surface area contributed by atoms with Gasteiger partial charge < -0.3 is 14.7 Å². The Morgan fingerprint density at radius 2 is 2.00 bits per heavy atom. The van der Waals surface area contributed by atoms with Crippen molar-refractivity contribution in [1.29, 1.82) is 0 Å². The van der Waals surface area contributed by atoms with Crippen molar-refractivity contribution in [3.8, 4) is 10.9 Å². The summed E-state index contributed by atoms with van der Waals surface area (Å²) in [4.78, 5) is 17.8. The maximum atomic E-state index is 10.9. The highest BCUT2D eigenvalue weighted by Gasteiger charge is 2.35. The van der Waals surface area contributed by atoms with Crippen molar-refractivity contribution in [2.45, 2.75) is 38.5 Å². The van der Waals surface area contributed by atoms with Gasteiger partial charge in [0.2, 0.25) is 0 Å². The van der Waals surface area contributed by atoms with Gasteiger partial charge in [-0.25, -0.2) is 4.98 Å². The third kappa shape index (κ3) is 4.65. The van der Waals surface area contributed by atoms with Crippen LogP contribution in [0.3, 0.4) is 0 Å². The Bertz CT molecular complexity index is 1090. The Morgan fingerprint density at radius 1 is 1.16 bits per heavy atom. The second-order valence-electron chi connectivity index (χ2n) is 8.72. The lowest BCUT2D eigenvalue weighted by molar-refractivity contribution is -0.137. The Balaban J connectivity index is 1.16. The molecule has 1 N–H and O–H groups in total. The number of aliphatic carboxylic acids is 1. The smallest absolute Gasteiger partial charge is 0.305 e. The fourth-order valence-electron chi connectivity index (χ4n) is 5.10. The summed E-state index contributed by atoms with van der Waals surface area (Å²) in [5, 5.41) is 9.68. The lowest BCUT2D eigenvalue weighted by Crippen LogP contribution is -2.26. The van der Waals surface area contributed by atoms with Gasteiger partial charge in [-0.2, -0.15) is 0 Å². The number of fused-ring (bicyclic) bond motifs is 2. The fraction of sp³-hybridized carbons (Fsp3) is 0.385. The van der Waals surface area contributed by atoms with Crippen molar-refractivity contribution in [2.24, 2.45) is 11.8 Å². The predicted molar refractivity (Wildman–Crippen MR) is 127 cm³/mol. The first-order valence-electron chi connectivity index (χ1n) is 11.4. The zero-order valence-corrected chi connectivity index (χ0v) is 18.9. The maximum absolute atomic E-state index is 10.9. The zero-order valence-electron chi connectivity index (χ0n) is 18.1. The lowest BCUT2D eigenvalue weighted by atomic mass is 9.78. The van der Waals surface area contributed by atoms with Crippen molar-refractivity contribution in [2.75, 3.05) is 13.1 Å². The van der Waals surface area contributed by atoms with Gasteiger partial charge in [-0.1, -0.05) is 41.7 Å². The van der Waals surface area contributed by atoms with E-state index in [0.717, 1.165) is 41.8 Å². The van der Waals surface area contributed by atoms with Gasteiger partial charge in [0.25, 0.3) is 5.19 Å². The third-order valence-electron chi connectivity index (χ3n) is 6.72. The van der Waals surface area contributed by atoms with Crippen LogP contribution in [0.15, 0.2) is 60.3 Å². The number of allylic oxidation sites excluding steroid dienone is 2. The van der Waals surface area contributed by atoms with E-state index in [1.807, 2.05) is 30.3 Å². The summed E-state index contributed by atoms with van der Waals surface area (Å²) >= 11 is 1.56. The number of aromatic nitrogens is 1. The van der Waals surface area contributed by atoms with Gasteiger partial charge in [0.05, 0.1) is 16.6 Å². The zero-order chi connectivity index (χ0) is 21.9. The molecule has 1 aromatic heterocycles. The Kier molecular flexibility index (Phi) is 6.12. The second kappa shape index (κ2) is 9.33. The number of hydrogen-bond donors (Lipinski definition) is 1. The van der Waals surface area contributed by atoms with Gasteiger partial charge in [0.15, 0.2) is 0 Å². The molecular weight excluding hydrogens is 420 g/mol. The highest BCUT2D eigenvalue weighted by Crippen LogP contribution is 2.42. The number of rotatable bonds is 8. The Morgan fingerprint density at radius 3 is 2.81 bits per heavy atom. The van der Waals surface area contributed by atoms with Crippen LogP contribution >= 0.6 is 11.3 Å². The van der Waals surface area contributed by atoms with Gasteiger partial charge in [0.1, 0.15) is 5.75 Å². The van der Waals surface area contributed by atoms with E-state index in [4.69, 9.17) is 9.84 Å². The molecule has 1 aliphatic heterocycles. The first kappa shape index (κ1) is 21.0. The van der Waals surface area contributed by atoms with Gasteiger partial charge in [-0.3, -0.25) is 4.79 Å². The number of carboxylic acids is 1. The number of aryl methyl sites for hydroxylation is 1. The van der Waals surface area contributed by atoms with E-state index in [-0.39, 0.29) is 6.42 Å². The topological polar surface area (TPSA) is 62.7 Å². The number of carboxylic acid groups (broad SMARTS) is 1. The average molecular weight is 449 g/mol. The summed E-state index contributed by atoms with van der Waals surface area (Å²) < 4.78 is 7.11. The number of likely N-dealkylation sites (tertiary alicyclic amines) is 1. The molecule has 0 bridgehead atoms. The molecule has 2 atom stereocenters. The predicted octanol–water partition coefficient (Wildman–Crippen LogP) is 6.11. The number of ether oxygens (including phenoxy) is 1. The molecule has 6 heteroatoms. The number of thiazole rings is 1. The quantitative estimate of drug-likeness (QED) is 0.450. The van der Waals surface area contributed by atoms with Crippen LogP contribution in [0.2, 0.25) is 0 Å². The minimum Gasteiger partial charge on any atom is -0.481 e. The van der Waals surface area contributed by atoms with E-state index < -0.39 is 5.97 Å². The molecular formula is C26H28N2O3S. The number of hydrogen-bond acceptors (Lipinski definition) is 5. The second-order valence-corrected chi connectivity index (χ2v) is 9.72. The van der Waals surface area contributed by atoms with Gasteiger partial charge in [-0.05, 0) is 67.9 Å². The molecule has 5 nitrogen and oxygen atoms in total. The molecule has 2 aliphatic rings. The van der Waals surface area contributed by atoms with Crippen molar-refractivity contribution >= 4 is 27.5 Å². The van der Waals surface area contributed by atoms with Crippen LogP contribution in [0.4, 0.5) is 0 Å². The van der Waals surface area contributed by atoms with Crippen molar-refractivity contribution in [1.82, 2.24) is 9.88 Å². The summed E-state index contributed by atoms with van der Waals surface area (Å²) in [6.45, 7) is 1.64. The van der Waals surface area contributed by atoms with Crippen LogP contribution in [0.1, 0.15) is 37.7 Å². The fourth-order valence-corrected chi connectivity index (χ4v) is 5.93. The molecule has 2 unspecified atom stereocenters. The monoisotopic (exact) mass is 448 g/mol. The first-order valence-corrected chi connectivity index (χ1v) is 12.3. The normalized spacial score (nSPS) is 20.2. The Labute approximate surface area is 192 Å². The van der Waals surface area contributed by atoms with E-state index in [2.05, 4.69) is 34.2 Å². The van der Waals surface area contributed by atoms with E-state index in [1.165, 1.54) is 24.1 Å². The summed E-state index contributed by atoms with van der Waals surface area (Å²) in [6.07, 6.45) is 8.31. The lowest BCUT2D eigenvalue weighted by Gasteiger charge is -2.31. The standard InChI is InChI=1S/C26H28N2O3S/c29-25(30)15-17-28-16-14-21-19(4-3-6-23(21)28)11-8-18-9-12-20(13-10-18)31-26-27-22-5-1-2-7-24(22)32-26/h1-2,5-7,9-10,12-13,19,21H,3-4,8,11,14-17H2,(H,29,30). The SMILES string of the molecule is O=C(O)CCN1CCC2C1=CCCC2CCc1ccc(Oc2nc3ccccc3s2)cc1. The highest BCUT2D eigenvalue weighted by atomic mass is 32.1. The number of carbonyl (C=O) groups is 1. The molecule has 1 saturated heterocycles. The molecule has 32 heavy (non-hydrogen) atoms. The maximum Gasteiger partial charge on any atom is 0.305 e. The molecule has 0 radical (unpaired) electrons. The van der Waals surface area contributed by atoms with Crippen LogP contribution in [0, 0.1) is 11.8 Å². The van der Waals surface area contributed by atoms with Gasteiger partial charge in [0, 0.05) is 24.7 Å². The van der Waals surface area contributed by atoms with E-state index in [1.54, 1.807) is 11.3 Å². The average Bonchev–Trinajstić information content (AvgIpc) is 3.41. The minimum atomic E-state index is -0.711. The van der Waals surface area contributed by atoms with Crippen LogP contribution in [-0.4, -0.2) is 34.0 Å². The molecule has 1 aliphatic carbocycles. The third-order valence-corrected chi connectivity index (χ3v) is 7.63. The Hall–Kier alpha value is -2.86. The molecule has 166 valence electrons. The van der Waals surface area contributed by atoms with Gasteiger partial charge >= 0.3 is 5.97 Å². The molecule has 2 aromatic carbocycles. The molecule has 5 rings (SSSR count). The summed E-state index contributed by atoms with van der Waals surface area (Å²) in [7, 11) is 0. The van der Waals surface area contributed by atoms with E-state index >= 15 is 0 Å². The first-order chi connectivity index (χ1) is 15.7. The largest absolute Gasteiger partial charge is 0.481 e. The van der Waals surface area contributed by atoms with Crippen LogP contribution < -0.4 is 4.74 Å². The molecule has 2 heterocycles. The van der Waals surface area contributed by atoms with Crippen molar-refractivity contribution < 1.29 is 14.6 Å². The number of nitrogens with zero attached hydrogens (tertiary/aromatic N) is 2. The van der Waals surface area contributed by atoms with E-state index in [9.17, 15) is 4.79 Å². The molecule has 0 saturated carbocycles. The summed E-state index contributed by atoms with van der Waals surface area (Å²) in [5.74, 6) is 1.39. The molecule has 1 fully saturated rings. The number of para-hydroxylation sites is 1. The summed E-state index contributed by atoms with van der Waals surface area (Å²) in [5.41, 5.74) is 3.71.